The molecule has 0 saturated carbocycles. The lowest BCUT2D eigenvalue weighted by atomic mass is 10.0. The summed E-state index contributed by atoms with van der Waals surface area (Å²) in [6.07, 6.45) is 2.53. The molecule has 0 unspecified atom stereocenters. The van der Waals surface area contributed by atoms with Gasteiger partial charge in [-0.3, -0.25) is 0 Å². The minimum Gasteiger partial charge on any atom is -0.378 e. The van der Waals surface area contributed by atoms with E-state index in [1.165, 1.54) is 34.8 Å². The van der Waals surface area contributed by atoms with Gasteiger partial charge in [-0.15, -0.1) is 0 Å². The van der Waals surface area contributed by atoms with Crippen molar-refractivity contribution in [3.63, 3.8) is 0 Å². The van der Waals surface area contributed by atoms with E-state index < -0.39 is 0 Å². The summed E-state index contributed by atoms with van der Waals surface area (Å²) in [6.45, 7) is 4.68. The van der Waals surface area contributed by atoms with Crippen LogP contribution >= 0.6 is 7.92 Å². The molecule has 0 fully saturated rings. The predicted molar refractivity (Wildman–Crippen MR) is 111 cm³/mol. The summed E-state index contributed by atoms with van der Waals surface area (Å²) < 4.78 is 0. The molecule has 130 valence electrons. The molecule has 0 aliphatic rings. The Hall–Kier alpha value is -1.53. The third-order valence-corrected chi connectivity index (χ3v) is 7.58. The lowest BCUT2D eigenvalue weighted by Crippen LogP contribution is -2.10. The van der Waals surface area contributed by atoms with Crippen LogP contribution in [0.2, 0.25) is 0 Å². The molecule has 0 saturated heterocycles. The molecule has 0 N–H and O–H groups in total. The van der Waals surface area contributed by atoms with Crippen molar-refractivity contribution in [2.24, 2.45) is 0 Å². The van der Waals surface area contributed by atoms with Crippen molar-refractivity contribution >= 4 is 19.3 Å². The molecule has 24 heavy (non-hydrogen) atoms. The normalized spacial score (nSPS) is 11.2. The molecule has 2 nitrogen and oxygen atoms in total. The maximum Gasteiger partial charge on any atom is 0.0361 e. The number of rotatable bonds is 7. The molecule has 0 aliphatic carbocycles. The summed E-state index contributed by atoms with van der Waals surface area (Å²) in [5, 5.41) is 0. The molecule has 0 spiro atoms. The molecular formula is C21H31N2P. The molecule has 2 aromatic rings. The molecule has 2 aromatic carbocycles. The van der Waals surface area contributed by atoms with Gasteiger partial charge in [-0.05, 0) is 47.7 Å². The topological polar surface area (TPSA) is 6.48 Å². The first-order chi connectivity index (χ1) is 11.5. The van der Waals surface area contributed by atoms with Crippen LogP contribution in [0.25, 0.3) is 0 Å². The first-order valence-corrected chi connectivity index (χ1v) is 10.5. The van der Waals surface area contributed by atoms with Crippen molar-refractivity contribution in [3.05, 3.63) is 59.7 Å². The largest absolute Gasteiger partial charge is 0.378 e. The first kappa shape index (κ1) is 18.8. The van der Waals surface area contributed by atoms with Gasteiger partial charge in [0.15, 0.2) is 0 Å². The van der Waals surface area contributed by atoms with Crippen LogP contribution in [0.5, 0.6) is 0 Å². The van der Waals surface area contributed by atoms with E-state index in [4.69, 9.17) is 0 Å². The predicted octanol–water partition coefficient (Wildman–Crippen LogP) is 5.43. The molecule has 3 heteroatoms. The lowest BCUT2D eigenvalue weighted by Gasteiger charge is -2.28. The van der Waals surface area contributed by atoms with Crippen molar-refractivity contribution in [1.82, 2.24) is 0 Å². The fourth-order valence-electron chi connectivity index (χ4n) is 3.11. The van der Waals surface area contributed by atoms with E-state index in [9.17, 15) is 0 Å². The zero-order chi connectivity index (χ0) is 17.7. The van der Waals surface area contributed by atoms with E-state index in [1.54, 1.807) is 0 Å². The van der Waals surface area contributed by atoms with Gasteiger partial charge in [0.2, 0.25) is 0 Å². The Kier molecular flexibility index (Phi) is 6.69. The summed E-state index contributed by atoms with van der Waals surface area (Å²) in [5.41, 5.74) is 5.96. The van der Waals surface area contributed by atoms with Gasteiger partial charge in [-0.1, -0.05) is 46.0 Å². The van der Waals surface area contributed by atoms with Gasteiger partial charge in [0.25, 0.3) is 0 Å². The highest BCUT2D eigenvalue weighted by atomic mass is 31.1. The van der Waals surface area contributed by atoms with E-state index >= 15 is 0 Å². The Morgan fingerprint density at radius 2 is 1.00 bits per heavy atom. The van der Waals surface area contributed by atoms with Gasteiger partial charge < -0.3 is 9.80 Å². The Labute approximate surface area is 149 Å². The zero-order valence-electron chi connectivity index (χ0n) is 16.0. The van der Waals surface area contributed by atoms with Crippen LogP contribution < -0.4 is 9.80 Å². The monoisotopic (exact) mass is 342 g/mol. The maximum atomic E-state index is 2.34. The Bertz CT molecular complexity index is 562. The maximum absolute atomic E-state index is 2.34. The van der Waals surface area contributed by atoms with Crippen molar-refractivity contribution in [3.8, 4) is 0 Å². The second kappa shape index (κ2) is 8.53. The average Bonchev–Trinajstić information content (AvgIpc) is 2.59. The standard InChI is InChI=1S/C21H31N2P/c1-7-24(8-2)21(17-9-13-19(14-10-17)22(3)4)18-11-15-20(16-12-18)23(5)6/h9-16,21H,7-8H2,1-6H3. The average molecular weight is 342 g/mol. The van der Waals surface area contributed by atoms with E-state index in [-0.39, 0.29) is 7.92 Å². The zero-order valence-corrected chi connectivity index (χ0v) is 16.8. The highest BCUT2D eigenvalue weighted by Gasteiger charge is 2.22. The van der Waals surface area contributed by atoms with Crippen LogP contribution in [0.1, 0.15) is 30.6 Å². The molecule has 0 aromatic heterocycles. The molecule has 0 radical (unpaired) electrons. The molecule has 0 amide bonds. The quantitative estimate of drug-likeness (QED) is 0.619. The summed E-state index contributed by atoms with van der Waals surface area (Å²) in [7, 11) is 8.33. The molecule has 2 rings (SSSR count). The van der Waals surface area contributed by atoms with Gasteiger partial charge in [0.1, 0.15) is 0 Å². The van der Waals surface area contributed by atoms with Crippen molar-refractivity contribution < 1.29 is 0 Å². The van der Waals surface area contributed by atoms with Crippen molar-refractivity contribution in [1.29, 1.82) is 0 Å². The van der Waals surface area contributed by atoms with Gasteiger partial charge in [-0.2, -0.15) is 0 Å². The second-order valence-electron chi connectivity index (χ2n) is 6.60. The minimum atomic E-state index is -0.0494. The fourth-order valence-corrected chi connectivity index (χ4v) is 5.48. The van der Waals surface area contributed by atoms with Crippen LogP contribution in [0.4, 0.5) is 11.4 Å². The number of hydrogen-bond acceptors (Lipinski definition) is 2. The second-order valence-corrected chi connectivity index (χ2v) is 9.55. The van der Waals surface area contributed by atoms with E-state index in [0.29, 0.717) is 5.66 Å². The highest BCUT2D eigenvalue weighted by molar-refractivity contribution is 7.58. The molecule has 0 bridgehead atoms. The third kappa shape index (κ3) is 4.30. The number of hydrogen-bond donors (Lipinski definition) is 0. The summed E-state index contributed by atoms with van der Waals surface area (Å²) in [6, 6.07) is 18.3. The number of benzene rings is 2. The van der Waals surface area contributed by atoms with E-state index in [1.807, 2.05) is 0 Å². The lowest BCUT2D eigenvalue weighted by molar-refractivity contribution is 1.08. The molecular weight excluding hydrogens is 311 g/mol. The Balaban J connectivity index is 2.40. The molecule has 0 heterocycles. The number of nitrogens with zero attached hydrogens (tertiary/aromatic N) is 2. The van der Waals surface area contributed by atoms with Crippen LogP contribution in [-0.4, -0.2) is 40.5 Å². The van der Waals surface area contributed by atoms with Crippen LogP contribution in [0.15, 0.2) is 48.5 Å². The fraction of sp³-hybridized carbons (Fsp3) is 0.429. The van der Waals surface area contributed by atoms with Crippen LogP contribution in [-0.2, 0) is 0 Å². The summed E-state index contributed by atoms with van der Waals surface area (Å²) in [5.74, 6) is 0. The first-order valence-electron chi connectivity index (χ1n) is 8.76. The minimum absolute atomic E-state index is 0.0494. The van der Waals surface area contributed by atoms with Gasteiger partial charge >= 0.3 is 0 Å². The van der Waals surface area contributed by atoms with Crippen LogP contribution in [0.3, 0.4) is 0 Å². The van der Waals surface area contributed by atoms with E-state index in [2.05, 4.69) is 100 Å². The van der Waals surface area contributed by atoms with Crippen molar-refractivity contribution in [2.45, 2.75) is 19.5 Å². The van der Waals surface area contributed by atoms with Gasteiger partial charge in [-0.25, -0.2) is 0 Å². The molecule has 0 aliphatic heterocycles. The van der Waals surface area contributed by atoms with Gasteiger partial charge in [0.05, 0.1) is 0 Å². The SMILES string of the molecule is CCP(CC)C(c1ccc(N(C)C)cc1)c1ccc(N(C)C)cc1. The number of anilines is 2. The summed E-state index contributed by atoms with van der Waals surface area (Å²) >= 11 is 0. The van der Waals surface area contributed by atoms with Crippen molar-refractivity contribution in [2.75, 3.05) is 50.3 Å². The Morgan fingerprint density at radius 3 is 1.25 bits per heavy atom. The highest BCUT2D eigenvalue weighted by Crippen LogP contribution is 2.54. The summed E-state index contributed by atoms with van der Waals surface area (Å²) in [4.78, 5) is 4.32. The van der Waals surface area contributed by atoms with E-state index in [0.717, 1.165) is 0 Å². The molecule has 0 atom stereocenters. The smallest absolute Gasteiger partial charge is 0.0361 e. The third-order valence-electron chi connectivity index (χ3n) is 4.63. The Morgan fingerprint density at radius 1 is 0.667 bits per heavy atom. The van der Waals surface area contributed by atoms with Crippen LogP contribution in [0, 0.1) is 0 Å². The van der Waals surface area contributed by atoms with Gasteiger partial charge in [0, 0.05) is 45.2 Å².